The lowest BCUT2D eigenvalue weighted by Crippen LogP contribution is -2.11. The molecule has 2 heterocycles. The van der Waals surface area contributed by atoms with Gasteiger partial charge in [0.2, 0.25) is 0 Å². The number of anilines is 1. The van der Waals surface area contributed by atoms with E-state index in [2.05, 4.69) is 42.2 Å². The number of nitrogens with one attached hydrogen (secondary N) is 1. The van der Waals surface area contributed by atoms with Gasteiger partial charge in [-0.3, -0.25) is 4.79 Å². The van der Waals surface area contributed by atoms with Crippen LogP contribution in [0.2, 0.25) is 5.15 Å². The van der Waals surface area contributed by atoms with Crippen molar-refractivity contribution in [3.63, 3.8) is 0 Å². The van der Waals surface area contributed by atoms with Crippen LogP contribution in [0.4, 0.5) is 5.69 Å². The van der Waals surface area contributed by atoms with E-state index < -0.39 is 5.91 Å². The monoisotopic (exact) mass is 378 g/mol. The Morgan fingerprint density at radius 3 is 2.82 bits per heavy atom. The van der Waals surface area contributed by atoms with Crippen LogP contribution >= 0.6 is 43.5 Å². The molecule has 0 atom stereocenters. The number of hydrogen-bond donors (Lipinski definition) is 1. The molecule has 2 aromatic heterocycles. The van der Waals surface area contributed by atoms with Crippen molar-refractivity contribution >= 4 is 55.1 Å². The molecule has 0 spiro atoms. The zero-order valence-corrected chi connectivity index (χ0v) is 12.1. The molecule has 0 bridgehead atoms. The van der Waals surface area contributed by atoms with Crippen molar-refractivity contribution in [2.24, 2.45) is 0 Å². The molecule has 0 radical (unpaired) electrons. The van der Waals surface area contributed by atoms with Gasteiger partial charge in [-0.1, -0.05) is 11.6 Å². The standard InChI is InChI=1S/C10H5Br2ClN2O2/c11-5-3-6(9(13)14-4-5)15-10(16)7-1-2-8(12)17-7/h1-4H,(H,15,16). The molecular weight excluding hydrogens is 375 g/mol. The van der Waals surface area contributed by atoms with Crippen LogP contribution in [0.25, 0.3) is 0 Å². The van der Waals surface area contributed by atoms with Crippen molar-refractivity contribution in [1.29, 1.82) is 0 Å². The maximum absolute atomic E-state index is 11.8. The molecule has 0 saturated heterocycles. The number of carbonyl (C=O) groups is 1. The van der Waals surface area contributed by atoms with Crippen LogP contribution in [0, 0.1) is 0 Å². The Morgan fingerprint density at radius 1 is 1.41 bits per heavy atom. The quantitative estimate of drug-likeness (QED) is 0.798. The van der Waals surface area contributed by atoms with E-state index in [4.69, 9.17) is 16.0 Å². The van der Waals surface area contributed by atoms with E-state index in [1.165, 1.54) is 0 Å². The Bertz CT molecular complexity index is 571. The number of halogens is 3. The first-order valence-electron chi connectivity index (χ1n) is 4.44. The number of carbonyl (C=O) groups excluding carboxylic acids is 1. The number of nitrogens with zero attached hydrogens (tertiary/aromatic N) is 1. The van der Waals surface area contributed by atoms with Crippen LogP contribution in [0.1, 0.15) is 10.6 Å². The number of aromatic nitrogens is 1. The molecule has 1 amide bonds. The van der Waals surface area contributed by atoms with Crippen molar-refractivity contribution < 1.29 is 9.21 Å². The van der Waals surface area contributed by atoms with Gasteiger partial charge in [0, 0.05) is 10.7 Å². The average Bonchev–Trinajstić information content (AvgIpc) is 2.70. The van der Waals surface area contributed by atoms with Crippen LogP contribution in [-0.2, 0) is 0 Å². The van der Waals surface area contributed by atoms with Gasteiger partial charge in [-0.25, -0.2) is 4.98 Å². The second-order valence-electron chi connectivity index (χ2n) is 3.05. The highest BCUT2D eigenvalue weighted by Crippen LogP contribution is 2.24. The summed E-state index contributed by atoms with van der Waals surface area (Å²) in [4.78, 5) is 15.7. The van der Waals surface area contributed by atoms with E-state index >= 15 is 0 Å². The van der Waals surface area contributed by atoms with Gasteiger partial charge >= 0.3 is 0 Å². The summed E-state index contributed by atoms with van der Waals surface area (Å²) in [6, 6.07) is 4.85. The highest BCUT2D eigenvalue weighted by atomic mass is 79.9. The molecule has 0 saturated carbocycles. The lowest BCUT2D eigenvalue weighted by Gasteiger charge is -2.04. The Kier molecular flexibility index (Phi) is 3.86. The van der Waals surface area contributed by atoms with Crippen molar-refractivity contribution in [3.05, 3.63) is 44.5 Å². The number of amides is 1. The smallest absolute Gasteiger partial charge is 0.291 e. The summed E-state index contributed by atoms with van der Waals surface area (Å²) in [5, 5.41) is 2.82. The molecule has 0 aliphatic carbocycles. The lowest BCUT2D eigenvalue weighted by atomic mass is 10.3. The van der Waals surface area contributed by atoms with Gasteiger partial charge in [-0.2, -0.15) is 0 Å². The van der Waals surface area contributed by atoms with Gasteiger partial charge in [0.15, 0.2) is 15.6 Å². The van der Waals surface area contributed by atoms with Crippen molar-refractivity contribution in [2.75, 3.05) is 5.32 Å². The number of pyridine rings is 1. The van der Waals surface area contributed by atoms with E-state index in [-0.39, 0.29) is 10.9 Å². The molecule has 2 rings (SSSR count). The van der Waals surface area contributed by atoms with Gasteiger partial charge in [0.25, 0.3) is 5.91 Å². The second-order valence-corrected chi connectivity index (χ2v) is 5.11. The molecule has 4 nitrogen and oxygen atoms in total. The molecule has 0 aliphatic heterocycles. The fourth-order valence-electron chi connectivity index (χ4n) is 1.13. The van der Waals surface area contributed by atoms with E-state index in [1.807, 2.05) is 0 Å². The number of rotatable bonds is 2. The first-order valence-corrected chi connectivity index (χ1v) is 6.40. The third-order valence-electron chi connectivity index (χ3n) is 1.85. The third-order valence-corrected chi connectivity index (χ3v) is 3.01. The first-order chi connectivity index (χ1) is 8.06. The molecule has 0 fully saturated rings. The molecule has 7 heteroatoms. The van der Waals surface area contributed by atoms with E-state index in [9.17, 15) is 4.79 Å². The van der Waals surface area contributed by atoms with Crippen molar-refractivity contribution in [2.45, 2.75) is 0 Å². The van der Waals surface area contributed by atoms with Crippen molar-refractivity contribution in [1.82, 2.24) is 4.98 Å². The molecule has 0 aliphatic rings. The Balaban J connectivity index is 2.21. The number of hydrogen-bond acceptors (Lipinski definition) is 3. The Labute approximate surface area is 119 Å². The second kappa shape index (κ2) is 5.20. The topological polar surface area (TPSA) is 55.1 Å². The highest BCUT2D eigenvalue weighted by Gasteiger charge is 2.13. The summed E-state index contributed by atoms with van der Waals surface area (Å²) in [7, 11) is 0. The minimum Gasteiger partial charge on any atom is -0.444 e. The lowest BCUT2D eigenvalue weighted by molar-refractivity contribution is 0.0995. The molecule has 2 aromatic rings. The summed E-state index contributed by atoms with van der Waals surface area (Å²) in [5.41, 5.74) is 0.415. The highest BCUT2D eigenvalue weighted by molar-refractivity contribution is 9.10. The SMILES string of the molecule is O=C(Nc1cc(Br)cnc1Cl)c1ccc(Br)o1. The summed E-state index contributed by atoms with van der Waals surface area (Å²) in [6.07, 6.45) is 1.54. The Hall–Kier alpha value is -0.850. The summed E-state index contributed by atoms with van der Waals surface area (Å²) in [6.45, 7) is 0. The van der Waals surface area contributed by atoms with E-state index in [0.717, 1.165) is 4.47 Å². The Morgan fingerprint density at radius 2 is 2.18 bits per heavy atom. The maximum Gasteiger partial charge on any atom is 0.291 e. The van der Waals surface area contributed by atoms with E-state index in [1.54, 1.807) is 24.4 Å². The fourth-order valence-corrected chi connectivity index (χ4v) is 1.92. The van der Waals surface area contributed by atoms with Crippen LogP contribution in [0.3, 0.4) is 0 Å². The van der Waals surface area contributed by atoms with Crippen LogP contribution in [0.5, 0.6) is 0 Å². The van der Waals surface area contributed by atoms with Crippen molar-refractivity contribution in [3.8, 4) is 0 Å². The zero-order chi connectivity index (χ0) is 12.4. The van der Waals surface area contributed by atoms with E-state index in [0.29, 0.717) is 10.4 Å². The number of furan rings is 1. The molecular formula is C10H5Br2ClN2O2. The zero-order valence-electron chi connectivity index (χ0n) is 8.21. The minimum atomic E-state index is -0.391. The predicted octanol–water partition coefficient (Wildman–Crippen LogP) is 4.11. The normalized spacial score (nSPS) is 10.3. The summed E-state index contributed by atoms with van der Waals surface area (Å²) >= 11 is 12.2. The largest absolute Gasteiger partial charge is 0.444 e. The molecule has 0 aromatic carbocycles. The van der Waals surface area contributed by atoms with Gasteiger partial charge in [-0.15, -0.1) is 0 Å². The molecule has 0 unspecified atom stereocenters. The predicted molar refractivity (Wildman–Crippen MR) is 71.3 cm³/mol. The molecule has 88 valence electrons. The van der Waals surface area contributed by atoms with Gasteiger partial charge in [-0.05, 0) is 50.1 Å². The average molecular weight is 380 g/mol. The van der Waals surface area contributed by atoms with Crippen LogP contribution < -0.4 is 5.32 Å². The van der Waals surface area contributed by atoms with Gasteiger partial charge < -0.3 is 9.73 Å². The maximum atomic E-state index is 11.8. The van der Waals surface area contributed by atoms with Gasteiger partial charge in [0.05, 0.1) is 5.69 Å². The van der Waals surface area contributed by atoms with Gasteiger partial charge in [0.1, 0.15) is 0 Å². The first kappa shape index (κ1) is 12.6. The van der Waals surface area contributed by atoms with Crippen LogP contribution in [0.15, 0.2) is 38.0 Å². The summed E-state index contributed by atoms with van der Waals surface area (Å²) in [5.74, 6) is -0.203. The third kappa shape index (κ3) is 3.08. The minimum absolute atomic E-state index is 0.188. The fraction of sp³-hybridized carbons (Fsp3) is 0. The molecule has 1 N–H and O–H groups in total. The summed E-state index contributed by atoms with van der Waals surface area (Å²) < 4.78 is 6.32. The van der Waals surface area contributed by atoms with Crippen LogP contribution in [-0.4, -0.2) is 10.9 Å². The molecule has 17 heavy (non-hydrogen) atoms.